The van der Waals surface area contributed by atoms with Gasteiger partial charge in [-0.2, -0.15) is 16.8 Å². The lowest BCUT2D eigenvalue weighted by Crippen LogP contribution is -2.44. The lowest BCUT2D eigenvalue weighted by molar-refractivity contribution is 0.0199. The van der Waals surface area contributed by atoms with Gasteiger partial charge in [-0.15, -0.1) is 0 Å². The Morgan fingerprint density at radius 2 is 0.947 bits per heavy atom. The molecular weight excluding hydrogens is 1380 g/mol. The van der Waals surface area contributed by atoms with Crippen molar-refractivity contribution in [3.05, 3.63) is 132 Å². The summed E-state index contributed by atoms with van der Waals surface area (Å²) in [6.07, 6.45) is 8.09. The molecule has 2 amide bonds. The summed E-state index contributed by atoms with van der Waals surface area (Å²) in [6.45, 7) is 21.8. The van der Waals surface area contributed by atoms with Gasteiger partial charge in [-0.05, 0) is 137 Å². The highest BCUT2D eigenvalue weighted by atomic mass is 35.5. The van der Waals surface area contributed by atoms with Crippen LogP contribution in [0.25, 0.3) is 0 Å². The maximum atomic E-state index is 14.3. The normalized spacial score (nSPS) is 12.6. The summed E-state index contributed by atoms with van der Waals surface area (Å²) < 4.78 is 86.3. The van der Waals surface area contributed by atoms with E-state index in [-0.39, 0.29) is 95.7 Å². The van der Waals surface area contributed by atoms with Crippen LogP contribution >= 0.6 is 58.0 Å². The number of nitrogens with zero attached hydrogens (tertiary/aromatic N) is 10. The first kappa shape index (κ1) is 82.2. The predicted molar refractivity (Wildman–Crippen MR) is 357 cm³/mol. The highest BCUT2D eigenvalue weighted by Gasteiger charge is 2.30. The van der Waals surface area contributed by atoms with Crippen LogP contribution in [0.2, 0.25) is 25.8 Å². The Labute approximate surface area is 575 Å². The minimum atomic E-state index is -1.00. The molecule has 0 unspecified atom stereocenters. The third kappa shape index (κ3) is 30.4. The van der Waals surface area contributed by atoms with Gasteiger partial charge < -0.3 is 51.8 Å². The summed E-state index contributed by atoms with van der Waals surface area (Å²) in [5.41, 5.74) is 8.30. The Balaban J connectivity index is 0.000000622. The lowest BCUT2D eigenvalue weighted by atomic mass is 10.0. The molecule has 2 saturated heterocycles. The van der Waals surface area contributed by atoms with Gasteiger partial charge in [0.2, 0.25) is 0 Å². The average Bonchev–Trinajstić information content (AvgIpc) is 0.832. The summed E-state index contributed by atoms with van der Waals surface area (Å²) in [5.74, 6) is 0.484. The molecule has 2 aliphatic rings. The number of carbonyl (C=O) groups is 4. The number of piperidine rings is 2. The second-order valence-electron chi connectivity index (χ2n) is 21.5. The largest absolute Gasteiger partial charge is 0.444 e. The van der Waals surface area contributed by atoms with Crippen molar-refractivity contribution in [2.24, 2.45) is 0 Å². The van der Waals surface area contributed by atoms with E-state index in [2.05, 4.69) is 55.8 Å². The van der Waals surface area contributed by atoms with Crippen molar-refractivity contribution in [3.8, 4) is 0 Å². The van der Waals surface area contributed by atoms with Crippen LogP contribution in [0.5, 0.6) is 0 Å². The molecule has 7 N–H and O–H groups in total. The van der Waals surface area contributed by atoms with Crippen molar-refractivity contribution < 1.29 is 60.0 Å². The average molecular weight is 1450 g/mol. The standard InChI is InChI=1S/C23H31FN6O2.C16H24ClN5O2.C7H8FN.C6H4Cl2N2O.C5H2Cl2N2O.CH3F.2O2S/c1-14-6-7-18(17(24)12-14)29-21-19(15(2)25)20(26-13-27-21)28-16-8-10-30(11-9-16)22(31)32-23(3,4)5;1-10(18)12-13(17)19-9-20-14(12)21-11-5-7-22(8-6-11)15(23)24-16(2,3)4;1-5-2-3-7(9)6(8)4-5;1-3(11)4-5(7)9-2-10-6(4)8;6-4-3(1-10)5(7)9-2-8-4;1-2;2*1-3-2/h6-7,12-13,16,25H,8-11H2,1-5H3,(H2,26,27,28,29);9,11,18H,5-8H2,1-4H3,(H,19,20,21);2-4H,9H2,1H3;2H,1H3;1-2H;1H3;;/i;;;;;1D;;. The molecule has 0 atom stereocenters. The molecule has 94 heavy (non-hydrogen) atoms. The van der Waals surface area contributed by atoms with Crippen molar-refractivity contribution in [3.63, 3.8) is 0 Å². The number of aromatic nitrogens is 8. The van der Waals surface area contributed by atoms with Crippen LogP contribution in [-0.2, 0) is 32.6 Å². The fourth-order valence-electron chi connectivity index (χ4n) is 7.77. The van der Waals surface area contributed by atoms with Crippen molar-refractivity contribution in [1.29, 1.82) is 10.8 Å². The Kier molecular flexibility index (Phi) is 37.1. The lowest BCUT2D eigenvalue weighted by Gasteiger charge is -2.34. The van der Waals surface area contributed by atoms with Crippen LogP contribution in [0.3, 0.4) is 0 Å². The number of halogens is 8. The molecule has 26 nitrogen and oxygen atoms in total. The van der Waals surface area contributed by atoms with Crippen LogP contribution in [0.15, 0.2) is 61.7 Å². The van der Waals surface area contributed by atoms with Gasteiger partial charge in [-0.3, -0.25) is 14.0 Å². The molecule has 512 valence electrons. The monoisotopic (exact) mass is 1450 g/mol. The summed E-state index contributed by atoms with van der Waals surface area (Å²) >= 11 is 26.6. The van der Waals surface area contributed by atoms with Crippen LogP contribution in [0.1, 0.15) is 132 Å². The third-order valence-corrected chi connectivity index (χ3v) is 13.4. The molecule has 2 fully saturated rings. The van der Waals surface area contributed by atoms with Gasteiger partial charge in [-0.25, -0.2) is 58.2 Å². The summed E-state index contributed by atoms with van der Waals surface area (Å²) in [5, 5.41) is 26.4. The molecule has 6 heterocycles. The minimum absolute atomic E-state index is 0.0747. The van der Waals surface area contributed by atoms with E-state index in [1.807, 2.05) is 55.4 Å². The molecule has 4 aromatic heterocycles. The van der Waals surface area contributed by atoms with Gasteiger partial charge in [0, 0.05) is 49.7 Å². The van der Waals surface area contributed by atoms with Gasteiger partial charge in [0.25, 0.3) is 0 Å². The maximum Gasteiger partial charge on any atom is 0.410 e. The summed E-state index contributed by atoms with van der Waals surface area (Å²) in [4.78, 5) is 79.9. The first-order valence-electron chi connectivity index (χ1n) is 28.2. The number of hydrogen-bond donors (Lipinski definition) is 6. The van der Waals surface area contributed by atoms with E-state index >= 15 is 0 Å². The number of carbonyl (C=O) groups excluding carboxylic acids is 4. The molecule has 6 aromatic rings. The summed E-state index contributed by atoms with van der Waals surface area (Å²) in [7, 11) is -1.00. The van der Waals surface area contributed by atoms with Crippen LogP contribution in [0, 0.1) is 36.3 Å². The second kappa shape index (κ2) is 42.4. The maximum absolute atomic E-state index is 14.3. The van der Waals surface area contributed by atoms with Gasteiger partial charge in [0.05, 0.1) is 42.2 Å². The Hall–Kier alpha value is -7.94. The Morgan fingerprint density at radius 3 is 1.28 bits per heavy atom. The number of anilines is 5. The number of alkyl halides is 1. The molecule has 0 bridgehead atoms. The molecule has 0 radical (unpaired) electrons. The van der Waals surface area contributed by atoms with E-state index in [0.29, 0.717) is 66.8 Å². The number of benzene rings is 2. The van der Waals surface area contributed by atoms with Gasteiger partial charge in [0.15, 0.2) is 12.1 Å². The van der Waals surface area contributed by atoms with Crippen molar-refractivity contribution in [2.75, 3.05) is 55.0 Å². The first-order chi connectivity index (χ1) is 44.5. The number of nitrogens with one attached hydrogen (secondary N) is 5. The number of aryl methyl sites for hydroxylation is 2. The number of hydrogen-bond acceptors (Lipinski definition) is 24. The van der Waals surface area contributed by atoms with E-state index in [0.717, 1.165) is 36.8 Å². The predicted octanol–water partition coefficient (Wildman–Crippen LogP) is 12.7. The smallest absolute Gasteiger partial charge is 0.410 e. The SMILES string of the molecule is CC(=N)c1c(Cl)ncnc1NC1CCN(C(=O)OC(C)(C)C)CC1.CC(=N)c1c(Nc2ccc(C)cc2F)ncnc1NC1CCN(C(=O)OC(C)(C)C)CC1.CC(=O)c1c(Cl)ncnc1Cl.Cc1ccc(N)c(F)c1.O=Cc1c(Cl)ncnc1Cl.O=S=O.O=S=O.[2H]CF. The molecule has 0 saturated carbocycles. The molecule has 2 aliphatic heterocycles. The fourth-order valence-corrected chi connectivity index (χ4v) is 9.03. The zero-order valence-electron chi connectivity index (χ0n) is 53.8. The van der Waals surface area contributed by atoms with Crippen LogP contribution in [-0.4, -0.2) is 159 Å². The van der Waals surface area contributed by atoms with Gasteiger partial charge in [0.1, 0.15) is 91.4 Å². The topological polar surface area (TPSA) is 374 Å². The number of likely N-dealkylation sites (tertiary alicyclic amines) is 2. The van der Waals surface area contributed by atoms with Crippen LogP contribution < -0.4 is 21.7 Å². The van der Waals surface area contributed by atoms with E-state index < -0.39 is 41.5 Å². The highest BCUT2D eigenvalue weighted by Crippen LogP contribution is 2.29. The molecule has 8 rings (SSSR count). The third-order valence-electron chi connectivity index (χ3n) is 11.9. The zero-order valence-corrected chi connectivity index (χ0v) is 58.3. The quantitative estimate of drug-likeness (QED) is 0.0244. The number of nitrogens with two attached hydrogens (primary N) is 1. The van der Waals surface area contributed by atoms with E-state index in [9.17, 15) is 32.3 Å². The van der Waals surface area contributed by atoms with Crippen molar-refractivity contribution in [1.82, 2.24) is 49.7 Å². The second-order valence-corrected chi connectivity index (χ2v) is 23.6. The first-order valence-corrected chi connectivity index (χ1v) is 30.7. The highest BCUT2D eigenvalue weighted by molar-refractivity contribution is 7.52. The van der Waals surface area contributed by atoms with Crippen molar-refractivity contribution >= 4 is 146 Å². The number of amides is 2. The number of Topliss-reactive ketones (excluding diaryl/α,β-unsaturated/α-hetero) is 1. The molecular formula is C58H72Cl5F3N16O10S2. The van der Waals surface area contributed by atoms with E-state index in [1.54, 1.807) is 47.9 Å². The minimum Gasteiger partial charge on any atom is -0.444 e. The van der Waals surface area contributed by atoms with Crippen LogP contribution in [0.4, 0.5) is 51.6 Å². The number of rotatable bonds is 10. The molecule has 36 heteroatoms. The number of nitrogen functional groups attached to an aromatic ring is 1. The molecule has 2 aromatic carbocycles. The number of ketones is 1. The van der Waals surface area contributed by atoms with Gasteiger partial charge in [-0.1, -0.05) is 70.1 Å². The Bertz CT molecular complexity index is 3570. The van der Waals surface area contributed by atoms with Crippen molar-refractivity contribution in [2.45, 2.75) is 125 Å². The fraction of sp³-hybridized carbons (Fsp3) is 0.414. The number of ether oxygens (including phenoxy) is 2. The van der Waals surface area contributed by atoms with E-state index in [1.165, 1.54) is 44.4 Å². The van der Waals surface area contributed by atoms with Gasteiger partial charge >= 0.3 is 35.3 Å². The molecule has 0 aliphatic carbocycles. The van der Waals surface area contributed by atoms with E-state index in [4.69, 9.17) is 102 Å². The number of aldehydes is 1. The summed E-state index contributed by atoms with van der Waals surface area (Å²) in [6, 6.07) is 9.88. The zero-order chi connectivity index (χ0) is 72.3. The Morgan fingerprint density at radius 1 is 0.606 bits per heavy atom. The molecule has 0 spiro atoms.